The molecule has 0 aromatic heterocycles. The lowest BCUT2D eigenvalue weighted by Crippen LogP contribution is -2.18. The van der Waals surface area contributed by atoms with Crippen LogP contribution in [0.15, 0.2) is 18.2 Å². The highest BCUT2D eigenvalue weighted by molar-refractivity contribution is 6.32. The second kappa shape index (κ2) is 5.54. The highest BCUT2D eigenvalue weighted by Gasteiger charge is 2.26. The molecule has 0 amide bonds. The van der Waals surface area contributed by atoms with Crippen LogP contribution < -0.4 is 4.74 Å². The summed E-state index contributed by atoms with van der Waals surface area (Å²) in [4.78, 5) is 11.1. The maximum atomic E-state index is 11.1. The number of carbonyl (C=O) groups is 1. The molecule has 1 saturated carbocycles. The van der Waals surface area contributed by atoms with E-state index in [0.29, 0.717) is 16.7 Å². The van der Waals surface area contributed by atoms with Gasteiger partial charge in [-0.25, -0.2) is 0 Å². The molecule has 2 unspecified atom stereocenters. The fraction of sp³-hybridized carbons (Fsp3) is 0.500. The molecular weight excluding hydrogens is 236 g/mol. The summed E-state index contributed by atoms with van der Waals surface area (Å²) in [7, 11) is 1.61. The number of hydrogen-bond acceptors (Lipinski definition) is 2. The monoisotopic (exact) mass is 252 g/mol. The summed E-state index contributed by atoms with van der Waals surface area (Å²) >= 11 is 6.13. The van der Waals surface area contributed by atoms with Crippen LogP contribution in [-0.2, 0) is 4.79 Å². The van der Waals surface area contributed by atoms with Crippen LogP contribution in [0.25, 0.3) is 0 Å². The normalized spacial score (nSPS) is 24.4. The average Bonchev–Trinajstić information content (AvgIpc) is 2.38. The Morgan fingerprint density at radius 1 is 1.35 bits per heavy atom. The lowest BCUT2D eigenvalue weighted by molar-refractivity contribution is -0.112. The fourth-order valence-corrected chi connectivity index (χ4v) is 2.92. The summed E-state index contributed by atoms with van der Waals surface area (Å²) in [5.41, 5.74) is 1.16. The maximum absolute atomic E-state index is 11.1. The first-order valence-electron chi connectivity index (χ1n) is 6.05. The Kier molecular flexibility index (Phi) is 4.06. The number of halogens is 1. The van der Waals surface area contributed by atoms with Crippen molar-refractivity contribution in [1.82, 2.24) is 0 Å². The Hall–Kier alpha value is -1.02. The molecule has 2 atom stereocenters. The molecule has 1 aromatic rings. The van der Waals surface area contributed by atoms with Crippen LogP contribution in [-0.4, -0.2) is 13.4 Å². The van der Waals surface area contributed by atoms with Gasteiger partial charge in [0.1, 0.15) is 12.0 Å². The molecule has 0 radical (unpaired) electrons. The molecule has 1 fully saturated rings. The third-order valence-corrected chi connectivity index (χ3v) is 3.89. The Morgan fingerprint density at radius 3 is 2.76 bits per heavy atom. The summed E-state index contributed by atoms with van der Waals surface area (Å²) < 4.78 is 5.14. The van der Waals surface area contributed by atoms with E-state index in [-0.39, 0.29) is 5.92 Å². The van der Waals surface area contributed by atoms with Crippen molar-refractivity contribution in [3.63, 3.8) is 0 Å². The van der Waals surface area contributed by atoms with Gasteiger partial charge >= 0.3 is 0 Å². The Morgan fingerprint density at radius 2 is 2.12 bits per heavy atom. The standard InChI is InChI=1S/C14H17ClO2/c1-17-14-7-6-10(8-13(14)15)12-5-3-2-4-11(12)9-16/h6-9,11-12H,2-5H2,1H3. The number of hydrogen-bond donors (Lipinski definition) is 0. The van der Waals surface area contributed by atoms with E-state index in [1.807, 2.05) is 18.2 Å². The summed E-state index contributed by atoms with van der Waals surface area (Å²) in [6, 6.07) is 5.85. The van der Waals surface area contributed by atoms with Gasteiger partial charge in [-0.1, -0.05) is 30.5 Å². The minimum absolute atomic E-state index is 0.146. The highest BCUT2D eigenvalue weighted by Crippen LogP contribution is 2.38. The van der Waals surface area contributed by atoms with E-state index in [9.17, 15) is 4.79 Å². The van der Waals surface area contributed by atoms with Gasteiger partial charge in [-0.3, -0.25) is 0 Å². The van der Waals surface area contributed by atoms with Crippen LogP contribution in [0.1, 0.15) is 37.2 Å². The van der Waals surface area contributed by atoms with Crippen LogP contribution in [0.2, 0.25) is 5.02 Å². The molecule has 1 aliphatic carbocycles. The molecular formula is C14H17ClO2. The molecule has 17 heavy (non-hydrogen) atoms. The van der Waals surface area contributed by atoms with E-state index in [4.69, 9.17) is 16.3 Å². The van der Waals surface area contributed by atoms with E-state index < -0.39 is 0 Å². The molecule has 2 nitrogen and oxygen atoms in total. The summed E-state index contributed by atoms with van der Waals surface area (Å²) in [6.07, 6.45) is 5.52. The lowest BCUT2D eigenvalue weighted by atomic mass is 9.76. The minimum atomic E-state index is 0.146. The van der Waals surface area contributed by atoms with Gasteiger partial charge < -0.3 is 9.53 Å². The lowest BCUT2D eigenvalue weighted by Gasteiger charge is -2.28. The Labute approximate surface area is 107 Å². The van der Waals surface area contributed by atoms with Crippen molar-refractivity contribution in [1.29, 1.82) is 0 Å². The van der Waals surface area contributed by atoms with Gasteiger partial charge in [0.05, 0.1) is 12.1 Å². The molecule has 3 heteroatoms. The number of aldehydes is 1. The van der Waals surface area contributed by atoms with Crippen LogP contribution >= 0.6 is 11.6 Å². The van der Waals surface area contributed by atoms with Crippen molar-refractivity contribution in [2.24, 2.45) is 5.92 Å². The van der Waals surface area contributed by atoms with Crippen molar-refractivity contribution in [2.75, 3.05) is 7.11 Å². The first-order valence-corrected chi connectivity index (χ1v) is 6.42. The number of benzene rings is 1. The smallest absolute Gasteiger partial charge is 0.137 e. The van der Waals surface area contributed by atoms with Gasteiger partial charge in [0.2, 0.25) is 0 Å². The van der Waals surface area contributed by atoms with Crippen LogP contribution in [0, 0.1) is 5.92 Å². The topological polar surface area (TPSA) is 26.3 Å². The third-order valence-electron chi connectivity index (χ3n) is 3.60. The van der Waals surface area contributed by atoms with Crippen LogP contribution in [0.3, 0.4) is 0 Å². The first-order chi connectivity index (χ1) is 8.26. The second-order valence-corrected chi connectivity index (χ2v) is 4.99. The zero-order valence-corrected chi connectivity index (χ0v) is 10.7. The quantitative estimate of drug-likeness (QED) is 0.765. The predicted molar refractivity (Wildman–Crippen MR) is 68.8 cm³/mol. The second-order valence-electron chi connectivity index (χ2n) is 4.58. The van der Waals surface area contributed by atoms with E-state index in [2.05, 4.69) is 0 Å². The zero-order chi connectivity index (χ0) is 12.3. The summed E-state index contributed by atoms with van der Waals surface area (Å²) in [6.45, 7) is 0. The Balaban J connectivity index is 2.26. The number of rotatable bonds is 3. The average molecular weight is 253 g/mol. The van der Waals surface area contributed by atoms with Crippen LogP contribution in [0.5, 0.6) is 5.75 Å². The molecule has 1 aromatic carbocycles. The fourth-order valence-electron chi connectivity index (χ4n) is 2.65. The van der Waals surface area contributed by atoms with Crippen molar-refractivity contribution < 1.29 is 9.53 Å². The molecule has 0 bridgehead atoms. The van der Waals surface area contributed by atoms with E-state index in [1.165, 1.54) is 6.42 Å². The largest absolute Gasteiger partial charge is 0.495 e. The minimum Gasteiger partial charge on any atom is -0.495 e. The van der Waals surface area contributed by atoms with Crippen LogP contribution in [0.4, 0.5) is 0 Å². The van der Waals surface area contributed by atoms with Crippen molar-refractivity contribution in [2.45, 2.75) is 31.6 Å². The number of carbonyl (C=O) groups excluding carboxylic acids is 1. The Bertz CT molecular complexity index is 403. The molecule has 92 valence electrons. The van der Waals surface area contributed by atoms with E-state index in [1.54, 1.807) is 7.11 Å². The van der Waals surface area contributed by atoms with Gasteiger partial charge in [0.15, 0.2) is 0 Å². The molecule has 0 N–H and O–H groups in total. The molecule has 0 heterocycles. The molecule has 0 saturated heterocycles. The predicted octanol–water partition coefficient (Wildman–Crippen LogP) is 3.82. The first kappa shape index (κ1) is 12.4. The summed E-state index contributed by atoms with van der Waals surface area (Å²) in [5.74, 6) is 1.16. The maximum Gasteiger partial charge on any atom is 0.137 e. The molecule has 1 aliphatic rings. The summed E-state index contributed by atoms with van der Waals surface area (Å²) in [5, 5.41) is 0.625. The van der Waals surface area contributed by atoms with Gasteiger partial charge in [0, 0.05) is 5.92 Å². The van der Waals surface area contributed by atoms with Crippen molar-refractivity contribution >= 4 is 17.9 Å². The van der Waals surface area contributed by atoms with Crippen molar-refractivity contribution in [3.8, 4) is 5.75 Å². The van der Waals surface area contributed by atoms with Crippen molar-refractivity contribution in [3.05, 3.63) is 28.8 Å². The molecule has 0 spiro atoms. The zero-order valence-electron chi connectivity index (χ0n) is 9.99. The number of ether oxygens (including phenoxy) is 1. The molecule has 0 aliphatic heterocycles. The highest BCUT2D eigenvalue weighted by atomic mass is 35.5. The van der Waals surface area contributed by atoms with Gasteiger partial charge in [0.25, 0.3) is 0 Å². The number of methoxy groups -OCH3 is 1. The molecule has 2 rings (SSSR count). The van der Waals surface area contributed by atoms with E-state index >= 15 is 0 Å². The van der Waals surface area contributed by atoms with Gasteiger partial charge in [-0.15, -0.1) is 0 Å². The van der Waals surface area contributed by atoms with Gasteiger partial charge in [-0.05, 0) is 36.5 Å². The third kappa shape index (κ3) is 2.63. The SMILES string of the molecule is COc1ccc(C2CCCCC2C=O)cc1Cl. The van der Waals surface area contributed by atoms with E-state index in [0.717, 1.165) is 31.1 Å². The van der Waals surface area contributed by atoms with Gasteiger partial charge in [-0.2, -0.15) is 0 Å².